The van der Waals surface area contributed by atoms with E-state index in [0.717, 1.165) is 24.4 Å². The maximum Gasteiger partial charge on any atom is 0.129 e. The first-order valence-corrected chi connectivity index (χ1v) is 7.78. The molecule has 3 rings (SSSR count). The van der Waals surface area contributed by atoms with Crippen molar-refractivity contribution in [1.29, 1.82) is 0 Å². The molecule has 0 saturated carbocycles. The topological polar surface area (TPSA) is 21.3 Å². The van der Waals surface area contributed by atoms with Gasteiger partial charge in [0.1, 0.15) is 11.9 Å². The van der Waals surface area contributed by atoms with Crippen LogP contribution >= 0.6 is 35.6 Å². The second kappa shape index (κ2) is 7.56. The molecule has 0 radical (unpaired) electrons. The number of benzene rings is 2. The number of hydrogen-bond acceptors (Lipinski definition) is 2. The summed E-state index contributed by atoms with van der Waals surface area (Å²) in [6, 6.07) is 13.8. The van der Waals surface area contributed by atoms with Gasteiger partial charge in [0.2, 0.25) is 0 Å². The van der Waals surface area contributed by atoms with E-state index in [1.54, 1.807) is 0 Å². The second-order valence-electron chi connectivity index (χ2n) is 5.45. The van der Waals surface area contributed by atoms with Crippen molar-refractivity contribution in [1.82, 2.24) is 5.32 Å². The van der Waals surface area contributed by atoms with Crippen LogP contribution < -0.4 is 10.1 Å². The van der Waals surface area contributed by atoms with E-state index in [1.807, 2.05) is 30.3 Å². The molecule has 1 aliphatic heterocycles. The fourth-order valence-electron chi connectivity index (χ4n) is 2.49. The van der Waals surface area contributed by atoms with Crippen molar-refractivity contribution in [3.05, 3.63) is 63.6 Å². The summed E-state index contributed by atoms with van der Waals surface area (Å²) in [5.41, 5.74) is 2.25. The van der Waals surface area contributed by atoms with Crippen molar-refractivity contribution in [2.45, 2.75) is 13.0 Å². The van der Waals surface area contributed by atoms with Gasteiger partial charge in [-0.25, -0.2) is 0 Å². The number of halogens is 3. The molecule has 2 nitrogen and oxygen atoms in total. The maximum absolute atomic E-state index is 6.24. The van der Waals surface area contributed by atoms with E-state index in [0.29, 0.717) is 16.0 Å². The molecule has 2 aromatic rings. The Labute approximate surface area is 147 Å². The lowest BCUT2D eigenvalue weighted by atomic mass is 9.91. The molecule has 0 amide bonds. The van der Waals surface area contributed by atoms with Crippen LogP contribution in [0.15, 0.2) is 42.5 Å². The highest BCUT2D eigenvalue weighted by Crippen LogP contribution is 2.34. The summed E-state index contributed by atoms with van der Waals surface area (Å²) >= 11 is 12.2. The van der Waals surface area contributed by atoms with Gasteiger partial charge in [-0.1, -0.05) is 41.4 Å². The van der Waals surface area contributed by atoms with Crippen LogP contribution in [0.4, 0.5) is 0 Å². The number of rotatable bonds is 4. The van der Waals surface area contributed by atoms with E-state index >= 15 is 0 Å². The monoisotopic (exact) mass is 357 g/mol. The molecule has 5 heteroatoms. The molecule has 0 aliphatic carbocycles. The molecule has 118 valence electrons. The van der Waals surface area contributed by atoms with Gasteiger partial charge in [0.25, 0.3) is 0 Å². The minimum Gasteiger partial charge on any atom is -0.485 e. The third kappa shape index (κ3) is 3.88. The number of ether oxygens (including phenoxy) is 1. The van der Waals surface area contributed by atoms with E-state index in [4.69, 9.17) is 27.9 Å². The van der Waals surface area contributed by atoms with E-state index in [1.165, 1.54) is 5.56 Å². The highest BCUT2D eigenvalue weighted by atomic mass is 35.5. The van der Waals surface area contributed by atoms with Gasteiger partial charge in [-0.05, 0) is 42.3 Å². The Morgan fingerprint density at radius 2 is 1.86 bits per heavy atom. The van der Waals surface area contributed by atoms with Crippen molar-refractivity contribution >= 4 is 35.6 Å². The summed E-state index contributed by atoms with van der Waals surface area (Å²) < 4.78 is 6.24. The molecular formula is C17H18Cl3NO. The van der Waals surface area contributed by atoms with Gasteiger partial charge >= 0.3 is 0 Å². The summed E-state index contributed by atoms with van der Waals surface area (Å²) in [7, 11) is 0. The third-order valence-electron chi connectivity index (χ3n) is 3.77. The van der Waals surface area contributed by atoms with Gasteiger partial charge in [0.05, 0.1) is 10.0 Å². The van der Waals surface area contributed by atoms with Gasteiger partial charge < -0.3 is 10.1 Å². The quantitative estimate of drug-likeness (QED) is 0.824. The van der Waals surface area contributed by atoms with Crippen molar-refractivity contribution in [2.24, 2.45) is 5.92 Å². The Kier molecular flexibility index (Phi) is 5.99. The largest absolute Gasteiger partial charge is 0.485 e. The maximum atomic E-state index is 6.24. The summed E-state index contributed by atoms with van der Waals surface area (Å²) in [5, 5.41) is 4.44. The van der Waals surface area contributed by atoms with Crippen LogP contribution in [0.1, 0.15) is 17.2 Å². The van der Waals surface area contributed by atoms with Crippen LogP contribution in [0.3, 0.4) is 0 Å². The lowest BCUT2D eigenvalue weighted by Gasteiger charge is -2.35. The van der Waals surface area contributed by atoms with Crippen molar-refractivity contribution < 1.29 is 4.74 Å². The minimum absolute atomic E-state index is 0. The highest BCUT2D eigenvalue weighted by Gasteiger charge is 2.30. The molecule has 1 atom stereocenters. The van der Waals surface area contributed by atoms with Crippen LogP contribution in [-0.4, -0.2) is 13.1 Å². The first-order chi connectivity index (χ1) is 10.1. The van der Waals surface area contributed by atoms with Crippen LogP contribution in [0.2, 0.25) is 10.0 Å². The van der Waals surface area contributed by atoms with E-state index < -0.39 is 0 Å². The highest BCUT2D eigenvalue weighted by molar-refractivity contribution is 6.42. The second-order valence-corrected chi connectivity index (χ2v) is 6.26. The molecule has 1 heterocycles. The zero-order chi connectivity index (χ0) is 14.8. The van der Waals surface area contributed by atoms with E-state index in [2.05, 4.69) is 24.4 Å². The molecule has 0 aromatic heterocycles. The SMILES string of the molecule is Cc1cccc(O[C@H](c2ccc(Cl)c(Cl)c2)C2CNC2)c1.Cl. The Morgan fingerprint density at radius 3 is 2.45 bits per heavy atom. The van der Waals surface area contributed by atoms with Crippen LogP contribution in [0, 0.1) is 12.8 Å². The van der Waals surface area contributed by atoms with Crippen molar-refractivity contribution in [3.8, 4) is 5.75 Å². The fraction of sp³-hybridized carbons (Fsp3) is 0.294. The lowest BCUT2D eigenvalue weighted by Crippen LogP contribution is -2.46. The van der Waals surface area contributed by atoms with E-state index in [-0.39, 0.29) is 18.5 Å². The molecule has 2 aromatic carbocycles. The molecule has 1 saturated heterocycles. The lowest BCUT2D eigenvalue weighted by molar-refractivity contribution is 0.0993. The third-order valence-corrected chi connectivity index (χ3v) is 4.51. The standard InChI is InChI=1S/C17H17Cl2NO.ClH/c1-11-3-2-4-14(7-11)21-17(13-9-20-10-13)12-5-6-15(18)16(19)8-12;/h2-8,13,17,20H,9-10H2,1H3;1H/t17-;/m1./s1. The molecular weight excluding hydrogens is 341 g/mol. The fourth-order valence-corrected chi connectivity index (χ4v) is 2.79. The molecule has 22 heavy (non-hydrogen) atoms. The van der Waals surface area contributed by atoms with Crippen LogP contribution in [0.25, 0.3) is 0 Å². The molecule has 0 unspecified atom stereocenters. The van der Waals surface area contributed by atoms with Crippen LogP contribution in [0.5, 0.6) is 5.75 Å². The average Bonchev–Trinajstić information content (AvgIpc) is 2.39. The van der Waals surface area contributed by atoms with Gasteiger partial charge in [0, 0.05) is 19.0 Å². The van der Waals surface area contributed by atoms with Gasteiger partial charge in [-0.2, -0.15) is 0 Å². The summed E-state index contributed by atoms with van der Waals surface area (Å²) in [6.07, 6.45) is -0.0113. The smallest absolute Gasteiger partial charge is 0.129 e. The Morgan fingerprint density at radius 1 is 1.09 bits per heavy atom. The van der Waals surface area contributed by atoms with Gasteiger partial charge in [-0.3, -0.25) is 0 Å². The van der Waals surface area contributed by atoms with Crippen LogP contribution in [-0.2, 0) is 0 Å². The van der Waals surface area contributed by atoms with Crippen molar-refractivity contribution in [3.63, 3.8) is 0 Å². The minimum atomic E-state index is -0.0113. The average molecular weight is 359 g/mol. The molecule has 0 spiro atoms. The molecule has 1 fully saturated rings. The summed E-state index contributed by atoms with van der Waals surface area (Å²) in [4.78, 5) is 0. The predicted molar refractivity (Wildman–Crippen MR) is 94.6 cm³/mol. The zero-order valence-corrected chi connectivity index (χ0v) is 14.5. The van der Waals surface area contributed by atoms with Gasteiger partial charge in [-0.15, -0.1) is 12.4 Å². The number of hydrogen-bond donors (Lipinski definition) is 1. The van der Waals surface area contributed by atoms with Gasteiger partial charge in [0.15, 0.2) is 0 Å². The normalized spacial score (nSPS) is 15.6. The Bertz CT molecular complexity index is 644. The molecule has 1 N–H and O–H groups in total. The first-order valence-electron chi connectivity index (χ1n) is 7.02. The van der Waals surface area contributed by atoms with E-state index in [9.17, 15) is 0 Å². The Balaban J connectivity index is 0.00000176. The predicted octanol–water partition coefficient (Wildman–Crippen LogP) is 5.06. The summed E-state index contributed by atoms with van der Waals surface area (Å²) in [5.74, 6) is 1.33. The van der Waals surface area contributed by atoms with Crippen molar-refractivity contribution in [2.75, 3.05) is 13.1 Å². The number of nitrogens with one attached hydrogen (secondary N) is 1. The molecule has 0 bridgehead atoms. The first kappa shape index (κ1) is 17.4. The zero-order valence-electron chi connectivity index (χ0n) is 12.2. The molecule has 1 aliphatic rings. The number of aryl methyl sites for hydroxylation is 1. The Hall–Kier alpha value is -0.930. The summed E-state index contributed by atoms with van der Waals surface area (Å²) in [6.45, 7) is 3.97.